The van der Waals surface area contributed by atoms with E-state index >= 15 is 0 Å². The molecule has 0 N–H and O–H groups in total. The van der Waals surface area contributed by atoms with Gasteiger partial charge in [-0.3, -0.25) is 4.79 Å². The van der Waals surface area contributed by atoms with E-state index in [2.05, 4.69) is 17.0 Å². The average Bonchev–Trinajstić information content (AvgIpc) is 2.82. The van der Waals surface area contributed by atoms with Crippen molar-refractivity contribution in [2.75, 3.05) is 24.5 Å². The molecule has 0 aromatic heterocycles. The predicted octanol–water partition coefficient (Wildman–Crippen LogP) is 5.49. The Morgan fingerprint density at radius 1 is 1.03 bits per heavy atom. The molecule has 3 rings (SSSR count). The number of para-hydroxylation sites is 1. The topological polar surface area (TPSA) is 49.9 Å². The summed E-state index contributed by atoms with van der Waals surface area (Å²) in [4.78, 5) is 29.0. The molecule has 34 heavy (non-hydrogen) atoms. The summed E-state index contributed by atoms with van der Waals surface area (Å²) in [5, 5.41) is 0. The summed E-state index contributed by atoms with van der Waals surface area (Å²) in [6.07, 6.45) is 6.77. The minimum Gasteiger partial charge on any atom is -0.457 e. The highest BCUT2D eigenvalue weighted by Crippen LogP contribution is 2.24. The van der Waals surface area contributed by atoms with Crippen molar-refractivity contribution in [2.24, 2.45) is 0 Å². The summed E-state index contributed by atoms with van der Waals surface area (Å²) >= 11 is 0. The Morgan fingerprint density at radius 3 is 2.26 bits per heavy atom. The lowest BCUT2D eigenvalue weighted by Crippen LogP contribution is -2.47. The first-order valence-electron chi connectivity index (χ1n) is 12.3. The molecular formula is C29H38N2O3. The van der Waals surface area contributed by atoms with Gasteiger partial charge in [0.1, 0.15) is 5.60 Å². The van der Waals surface area contributed by atoms with Crippen molar-refractivity contribution in [3.8, 4) is 0 Å². The Hall–Kier alpha value is -2.92. The van der Waals surface area contributed by atoms with Crippen LogP contribution in [0, 0.1) is 0 Å². The number of anilines is 1. The standard InChI is InChI=1S/C29H38N2O3/c1-5-27(32)31(25-9-7-6-8-10-25)26-18-21-30(22-19-26)20-17-24-13-11-23(12-14-24)15-16-28(33)34-29(2,3)4/h6-16,26H,5,17-22H2,1-4H3/b16-15+. The molecule has 0 saturated carbocycles. The van der Waals surface area contributed by atoms with Gasteiger partial charge in [-0.15, -0.1) is 0 Å². The van der Waals surface area contributed by atoms with Gasteiger partial charge in [0.25, 0.3) is 0 Å². The van der Waals surface area contributed by atoms with E-state index in [1.165, 1.54) is 11.6 Å². The minimum absolute atomic E-state index is 0.199. The lowest BCUT2D eigenvalue weighted by molar-refractivity contribution is -0.148. The predicted molar refractivity (Wildman–Crippen MR) is 139 cm³/mol. The minimum atomic E-state index is -0.481. The SMILES string of the molecule is CCC(=O)N(c1ccccc1)C1CCN(CCc2ccc(/C=C/C(=O)OC(C)(C)C)cc2)CC1. The number of nitrogens with zero attached hydrogens (tertiary/aromatic N) is 2. The van der Waals surface area contributed by atoms with Gasteiger partial charge in [0, 0.05) is 43.9 Å². The number of esters is 1. The molecule has 5 heteroatoms. The van der Waals surface area contributed by atoms with E-state index in [1.54, 1.807) is 6.08 Å². The molecule has 0 unspecified atom stereocenters. The van der Waals surface area contributed by atoms with Gasteiger partial charge in [0.2, 0.25) is 5.91 Å². The molecule has 1 heterocycles. The molecule has 5 nitrogen and oxygen atoms in total. The van der Waals surface area contributed by atoms with Crippen LogP contribution in [0.15, 0.2) is 60.7 Å². The van der Waals surface area contributed by atoms with Crippen LogP contribution in [0.2, 0.25) is 0 Å². The van der Waals surface area contributed by atoms with E-state index in [0.29, 0.717) is 6.42 Å². The van der Waals surface area contributed by atoms with Crippen molar-refractivity contribution in [3.63, 3.8) is 0 Å². The van der Waals surface area contributed by atoms with Crippen molar-refractivity contribution >= 4 is 23.6 Å². The second-order valence-corrected chi connectivity index (χ2v) is 9.88. The Morgan fingerprint density at radius 2 is 1.68 bits per heavy atom. The third-order valence-corrected chi connectivity index (χ3v) is 6.04. The number of carbonyl (C=O) groups excluding carboxylic acids is 2. The Bertz CT molecular complexity index is 953. The Labute approximate surface area is 204 Å². The van der Waals surface area contributed by atoms with E-state index in [4.69, 9.17) is 4.74 Å². The van der Waals surface area contributed by atoms with Crippen LogP contribution >= 0.6 is 0 Å². The number of carbonyl (C=O) groups is 2. The molecule has 1 aliphatic rings. The smallest absolute Gasteiger partial charge is 0.331 e. The van der Waals surface area contributed by atoms with Crippen molar-refractivity contribution in [1.29, 1.82) is 0 Å². The summed E-state index contributed by atoms with van der Waals surface area (Å²) in [6, 6.07) is 18.6. The number of ether oxygens (including phenoxy) is 1. The van der Waals surface area contributed by atoms with E-state index in [9.17, 15) is 9.59 Å². The largest absolute Gasteiger partial charge is 0.457 e. The van der Waals surface area contributed by atoms with Crippen molar-refractivity contribution < 1.29 is 14.3 Å². The first-order chi connectivity index (χ1) is 16.2. The molecule has 1 saturated heterocycles. The number of hydrogen-bond acceptors (Lipinski definition) is 4. The quantitative estimate of drug-likeness (QED) is 0.384. The first-order valence-corrected chi connectivity index (χ1v) is 12.3. The van der Waals surface area contributed by atoms with Gasteiger partial charge in [-0.2, -0.15) is 0 Å². The summed E-state index contributed by atoms with van der Waals surface area (Å²) in [5.74, 6) is -0.128. The van der Waals surface area contributed by atoms with Gasteiger partial charge in [-0.1, -0.05) is 49.4 Å². The zero-order chi connectivity index (χ0) is 24.6. The van der Waals surface area contributed by atoms with Gasteiger partial charge < -0.3 is 14.5 Å². The highest BCUT2D eigenvalue weighted by atomic mass is 16.6. The molecule has 1 amide bonds. The van der Waals surface area contributed by atoms with Gasteiger partial charge in [-0.05, 0) is 69.4 Å². The number of piperidine rings is 1. The third-order valence-electron chi connectivity index (χ3n) is 6.04. The average molecular weight is 463 g/mol. The normalized spacial score (nSPS) is 15.4. The maximum atomic E-state index is 12.7. The fraction of sp³-hybridized carbons (Fsp3) is 0.448. The number of likely N-dealkylation sites (tertiary alicyclic amines) is 1. The summed E-state index contributed by atoms with van der Waals surface area (Å²) < 4.78 is 5.30. The van der Waals surface area contributed by atoms with Crippen molar-refractivity contribution in [1.82, 2.24) is 4.90 Å². The summed E-state index contributed by atoms with van der Waals surface area (Å²) in [5.41, 5.74) is 2.79. The first kappa shape index (κ1) is 25.7. The highest BCUT2D eigenvalue weighted by molar-refractivity contribution is 5.93. The maximum absolute atomic E-state index is 12.7. The fourth-order valence-corrected chi connectivity index (χ4v) is 4.30. The van der Waals surface area contributed by atoms with E-state index in [0.717, 1.165) is 50.1 Å². The maximum Gasteiger partial charge on any atom is 0.331 e. The molecule has 182 valence electrons. The highest BCUT2D eigenvalue weighted by Gasteiger charge is 2.28. The van der Waals surface area contributed by atoms with Crippen LogP contribution in [-0.4, -0.2) is 48.1 Å². The van der Waals surface area contributed by atoms with Crippen LogP contribution in [-0.2, 0) is 20.7 Å². The lowest BCUT2D eigenvalue weighted by atomic mass is 10.0. The second-order valence-electron chi connectivity index (χ2n) is 9.88. The molecule has 2 aromatic rings. The molecule has 1 fully saturated rings. The molecule has 0 radical (unpaired) electrons. The molecule has 0 bridgehead atoms. The number of benzene rings is 2. The number of rotatable bonds is 8. The van der Waals surface area contributed by atoms with E-state index in [-0.39, 0.29) is 17.9 Å². The van der Waals surface area contributed by atoms with Gasteiger partial charge in [-0.25, -0.2) is 4.79 Å². The Kier molecular flexibility index (Phi) is 9.05. The zero-order valence-corrected chi connectivity index (χ0v) is 21.0. The zero-order valence-electron chi connectivity index (χ0n) is 21.0. The van der Waals surface area contributed by atoms with Crippen LogP contribution < -0.4 is 4.90 Å². The van der Waals surface area contributed by atoms with Gasteiger partial charge in [0.15, 0.2) is 0 Å². The summed E-state index contributed by atoms with van der Waals surface area (Å²) in [7, 11) is 0. The van der Waals surface area contributed by atoms with Crippen LogP contribution in [0.3, 0.4) is 0 Å². The molecular weight excluding hydrogens is 424 g/mol. The van der Waals surface area contributed by atoms with Crippen LogP contribution in [0.5, 0.6) is 0 Å². The van der Waals surface area contributed by atoms with Crippen molar-refractivity contribution in [2.45, 2.75) is 65.0 Å². The van der Waals surface area contributed by atoms with Crippen molar-refractivity contribution in [3.05, 3.63) is 71.8 Å². The molecule has 0 spiro atoms. The summed E-state index contributed by atoms with van der Waals surface area (Å²) in [6.45, 7) is 10.5. The number of hydrogen-bond donors (Lipinski definition) is 0. The van der Waals surface area contributed by atoms with Gasteiger partial charge >= 0.3 is 5.97 Å². The molecule has 0 atom stereocenters. The lowest BCUT2D eigenvalue weighted by Gasteiger charge is -2.38. The van der Waals surface area contributed by atoms with Crippen LogP contribution in [0.4, 0.5) is 5.69 Å². The molecule has 1 aliphatic heterocycles. The van der Waals surface area contributed by atoms with Crippen LogP contribution in [0.25, 0.3) is 6.08 Å². The third kappa shape index (κ3) is 7.84. The fourth-order valence-electron chi connectivity index (χ4n) is 4.30. The van der Waals surface area contributed by atoms with E-state index in [1.807, 2.05) is 75.1 Å². The van der Waals surface area contributed by atoms with Gasteiger partial charge in [0.05, 0.1) is 0 Å². The monoisotopic (exact) mass is 462 g/mol. The molecule has 0 aliphatic carbocycles. The van der Waals surface area contributed by atoms with E-state index < -0.39 is 5.60 Å². The Balaban J connectivity index is 1.47. The number of amides is 1. The second kappa shape index (κ2) is 12.0. The van der Waals surface area contributed by atoms with Crippen LogP contribution in [0.1, 0.15) is 58.1 Å². The molecule has 2 aromatic carbocycles.